The molecule has 166 valence electrons. The molecule has 3 aliphatic heterocycles. The molecule has 30 heavy (non-hydrogen) atoms. The molecule has 1 aliphatic carbocycles. The van der Waals surface area contributed by atoms with Crippen LogP contribution in [-0.4, -0.2) is 56.1 Å². The van der Waals surface area contributed by atoms with Gasteiger partial charge in [0.15, 0.2) is 0 Å². The molecule has 5 rings (SSSR count). The Morgan fingerprint density at radius 2 is 2.13 bits per heavy atom. The molecule has 11 heteroatoms. The van der Waals surface area contributed by atoms with Gasteiger partial charge in [0.2, 0.25) is 10.0 Å². The molecule has 4 N–H and O–H groups in total. The first-order chi connectivity index (χ1) is 14.2. The van der Waals surface area contributed by atoms with Gasteiger partial charge < -0.3 is 20.7 Å². The van der Waals surface area contributed by atoms with Crippen LogP contribution in [0, 0.1) is 5.92 Å². The van der Waals surface area contributed by atoms with E-state index in [4.69, 9.17) is 0 Å². The monoisotopic (exact) mass is 452 g/mol. The van der Waals surface area contributed by atoms with Gasteiger partial charge in [-0.3, -0.25) is 0 Å². The predicted molar refractivity (Wildman–Crippen MR) is 120 cm³/mol. The number of nitrogens with one attached hydrogen (secondary N) is 4. The molecule has 0 amide bonds. The van der Waals surface area contributed by atoms with E-state index in [0.29, 0.717) is 10.8 Å². The first-order valence-electron chi connectivity index (χ1n) is 10.5. The van der Waals surface area contributed by atoms with Crippen LogP contribution in [0.25, 0.3) is 5.43 Å². The summed E-state index contributed by atoms with van der Waals surface area (Å²) in [6.45, 7) is 5.85. The van der Waals surface area contributed by atoms with Gasteiger partial charge in [-0.1, -0.05) is 0 Å². The molecule has 1 saturated carbocycles. The number of thioether (sulfide) groups is 1. The minimum absolute atomic E-state index is 0.0154. The van der Waals surface area contributed by atoms with Gasteiger partial charge in [0.05, 0.1) is 21.6 Å². The Morgan fingerprint density at radius 3 is 2.77 bits per heavy atom. The number of fused-ring (bicyclic) bond motifs is 1. The molecule has 1 aromatic rings. The van der Waals surface area contributed by atoms with Crippen LogP contribution in [0.4, 0.5) is 11.4 Å². The Kier molecular flexibility index (Phi) is 5.20. The average Bonchev–Trinajstić information content (AvgIpc) is 3.03. The number of benzene rings is 1. The highest BCUT2D eigenvalue weighted by molar-refractivity contribution is 8.00. The van der Waals surface area contributed by atoms with Crippen molar-refractivity contribution in [1.82, 2.24) is 20.6 Å². The van der Waals surface area contributed by atoms with E-state index in [9.17, 15) is 8.42 Å². The zero-order chi connectivity index (χ0) is 21.1. The van der Waals surface area contributed by atoms with E-state index in [2.05, 4.69) is 38.1 Å². The molecule has 0 radical (unpaired) electrons. The summed E-state index contributed by atoms with van der Waals surface area (Å²) in [6, 6.07) is 5.41. The van der Waals surface area contributed by atoms with E-state index in [1.807, 2.05) is 31.1 Å². The highest BCUT2D eigenvalue weighted by Gasteiger charge is 2.42. The Labute approximate surface area is 182 Å². The van der Waals surface area contributed by atoms with Gasteiger partial charge in [-0.05, 0) is 70.8 Å². The summed E-state index contributed by atoms with van der Waals surface area (Å²) in [6.07, 6.45) is 2.80. The molecule has 1 aromatic carbocycles. The lowest BCUT2D eigenvalue weighted by Crippen LogP contribution is -2.49. The maximum atomic E-state index is 13.0. The van der Waals surface area contributed by atoms with E-state index >= 15 is 0 Å². The summed E-state index contributed by atoms with van der Waals surface area (Å²) in [7, 11) is -1.54. The maximum Gasteiger partial charge on any atom is 0.241 e. The Bertz CT molecular complexity index is 923. The number of rotatable bonds is 6. The van der Waals surface area contributed by atoms with E-state index in [1.54, 1.807) is 17.8 Å². The van der Waals surface area contributed by atoms with Crippen LogP contribution >= 0.6 is 11.8 Å². The van der Waals surface area contributed by atoms with Crippen LogP contribution in [0.15, 0.2) is 23.1 Å². The number of anilines is 2. The van der Waals surface area contributed by atoms with E-state index < -0.39 is 10.0 Å². The van der Waals surface area contributed by atoms with Gasteiger partial charge in [-0.15, -0.1) is 18.3 Å². The summed E-state index contributed by atoms with van der Waals surface area (Å²) in [5.41, 5.74) is 12.7. The molecule has 3 heterocycles. The molecule has 2 saturated heterocycles. The number of sulfonamides is 1. The van der Waals surface area contributed by atoms with Crippen LogP contribution in [0.5, 0.6) is 0 Å². The van der Waals surface area contributed by atoms with Crippen molar-refractivity contribution in [3.63, 3.8) is 0 Å². The Morgan fingerprint density at radius 1 is 1.33 bits per heavy atom. The van der Waals surface area contributed by atoms with Crippen LogP contribution in [0.3, 0.4) is 0 Å². The summed E-state index contributed by atoms with van der Waals surface area (Å²) in [5, 5.41) is 5.91. The summed E-state index contributed by atoms with van der Waals surface area (Å²) < 4.78 is 28.8. The van der Waals surface area contributed by atoms with Crippen LogP contribution in [0.1, 0.15) is 33.1 Å². The number of hydrazine groups is 1. The molecule has 0 bridgehead atoms. The standard InChI is InChI=1S/C19H30N7O2S2/c1-12-22-23-18(29-12)26-16-9-14(30(27,28)24-19(2)6-7-19)4-5-15(16)21-17(26)8-13-10-20-25(3)11-13/h4-5,9,12-13,17-18,21-24H,6-8,10-11H2,1-3H3/q-1. The molecular weight excluding hydrogens is 422 g/mol. The lowest BCUT2D eigenvalue weighted by atomic mass is 10.0. The van der Waals surface area contributed by atoms with E-state index in [1.165, 1.54) is 0 Å². The lowest BCUT2D eigenvalue weighted by molar-refractivity contribution is 0.396. The normalized spacial score (nSPS) is 33.0. The SMILES string of the molecule is CC1NNC(N2c3cc(S(=O)(=O)NC4(C)CC4)ccc3NC2CC2C[N-]N(C)C2)S1. The number of hydrogen-bond donors (Lipinski definition) is 4. The predicted octanol–water partition coefficient (Wildman–Crippen LogP) is 1.79. The molecular formula is C19H30N7O2S2-. The minimum atomic E-state index is -3.55. The molecule has 9 nitrogen and oxygen atoms in total. The molecule has 0 spiro atoms. The Hall–Kier alpha value is -1.08. The third kappa shape index (κ3) is 4.04. The van der Waals surface area contributed by atoms with Crippen molar-refractivity contribution < 1.29 is 8.42 Å². The van der Waals surface area contributed by atoms with Crippen LogP contribution in [-0.2, 0) is 10.0 Å². The first kappa shape index (κ1) is 20.8. The topological polar surface area (TPSA) is 103 Å². The number of hydrogen-bond acceptors (Lipinski definition) is 8. The molecule has 0 aromatic heterocycles. The largest absolute Gasteiger partial charge is 0.594 e. The van der Waals surface area contributed by atoms with Crippen LogP contribution in [0.2, 0.25) is 0 Å². The quantitative estimate of drug-likeness (QED) is 0.518. The summed E-state index contributed by atoms with van der Waals surface area (Å²) >= 11 is 1.79. The highest BCUT2D eigenvalue weighted by Crippen LogP contribution is 2.43. The minimum Gasteiger partial charge on any atom is -0.594 e. The second-order valence-corrected chi connectivity index (χ2v) is 12.2. The van der Waals surface area contributed by atoms with Gasteiger partial charge in [0, 0.05) is 5.54 Å². The third-order valence-corrected chi connectivity index (χ3v) is 9.02. The van der Waals surface area contributed by atoms with Gasteiger partial charge >= 0.3 is 0 Å². The average molecular weight is 453 g/mol. The fraction of sp³-hybridized carbons (Fsp3) is 0.684. The van der Waals surface area contributed by atoms with Crippen molar-refractivity contribution >= 4 is 33.2 Å². The smallest absolute Gasteiger partial charge is 0.241 e. The third-order valence-electron chi connectivity index (χ3n) is 6.25. The summed E-state index contributed by atoms with van der Waals surface area (Å²) in [4.78, 5) is 2.61. The molecule has 4 unspecified atom stereocenters. The van der Waals surface area contributed by atoms with Crippen molar-refractivity contribution in [2.75, 3.05) is 30.4 Å². The first-order valence-corrected chi connectivity index (χ1v) is 12.9. The molecule has 3 fully saturated rings. The second kappa shape index (κ2) is 7.51. The van der Waals surface area contributed by atoms with Gasteiger partial charge in [-0.2, -0.15) is 0 Å². The van der Waals surface area contributed by atoms with Gasteiger partial charge in [0.1, 0.15) is 11.7 Å². The fourth-order valence-corrected chi connectivity index (χ4v) is 6.90. The van der Waals surface area contributed by atoms with Crippen molar-refractivity contribution in [3.8, 4) is 0 Å². The maximum absolute atomic E-state index is 13.0. The van der Waals surface area contributed by atoms with Crippen molar-refractivity contribution in [1.29, 1.82) is 0 Å². The van der Waals surface area contributed by atoms with E-state index in [-0.39, 0.29) is 22.6 Å². The Balaban J connectivity index is 1.43. The molecule has 4 aliphatic rings. The van der Waals surface area contributed by atoms with Crippen molar-refractivity contribution in [3.05, 3.63) is 23.6 Å². The van der Waals surface area contributed by atoms with Gasteiger partial charge in [-0.25, -0.2) is 24.0 Å². The second-order valence-electron chi connectivity index (χ2n) is 9.10. The van der Waals surface area contributed by atoms with E-state index in [0.717, 1.165) is 43.7 Å². The van der Waals surface area contributed by atoms with Crippen molar-refractivity contribution in [2.24, 2.45) is 5.92 Å². The number of nitrogens with zero attached hydrogens (tertiary/aromatic N) is 3. The van der Waals surface area contributed by atoms with Crippen LogP contribution < -0.4 is 25.8 Å². The highest BCUT2D eigenvalue weighted by atomic mass is 32.2. The van der Waals surface area contributed by atoms with Crippen molar-refractivity contribution in [2.45, 2.75) is 60.6 Å². The lowest BCUT2D eigenvalue weighted by Gasteiger charge is -2.33. The fourth-order valence-electron chi connectivity index (χ4n) is 4.36. The van der Waals surface area contributed by atoms with Gasteiger partial charge in [0.25, 0.3) is 0 Å². The zero-order valence-corrected chi connectivity index (χ0v) is 19.2. The zero-order valence-electron chi connectivity index (χ0n) is 17.6. The molecule has 4 atom stereocenters. The summed E-state index contributed by atoms with van der Waals surface area (Å²) in [5.74, 6) is 0.473.